The van der Waals surface area contributed by atoms with Crippen LogP contribution >= 0.6 is 0 Å². The van der Waals surface area contributed by atoms with E-state index in [-0.39, 0.29) is 36.1 Å². The SMILES string of the molecule is CC(=O)OCc1cc(C(F)(F)F)ccc1NC(=O)CC1CCOCC1. The Labute approximate surface area is 143 Å². The van der Waals surface area contributed by atoms with Gasteiger partial charge < -0.3 is 14.8 Å². The molecule has 25 heavy (non-hydrogen) atoms. The van der Waals surface area contributed by atoms with E-state index in [0.29, 0.717) is 13.2 Å². The fraction of sp³-hybridized carbons (Fsp3) is 0.529. The molecule has 1 aliphatic heterocycles. The van der Waals surface area contributed by atoms with E-state index in [2.05, 4.69) is 5.32 Å². The van der Waals surface area contributed by atoms with Crippen LogP contribution in [0.5, 0.6) is 0 Å². The number of nitrogens with one attached hydrogen (secondary N) is 1. The van der Waals surface area contributed by atoms with Gasteiger partial charge in [-0.05, 0) is 37.0 Å². The third-order valence-electron chi connectivity index (χ3n) is 3.95. The highest BCUT2D eigenvalue weighted by atomic mass is 19.4. The molecule has 1 saturated heterocycles. The molecule has 0 aliphatic carbocycles. The van der Waals surface area contributed by atoms with Gasteiger partial charge in [-0.3, -0.25) is 9.59 Å². The minimum atomic E-state index is -4.52. The quantitative estimate of drug-likeness (QED) is 0.817. The summed E-state index contributed by atoms with van der Waals surface area (Å²) in [6, 6.07) is 2.96. The van der Waals surface area contributed by atoms with Crippen LogP contribution in [0.3, 0.4) is 0 Å². The molecule has 1 heterocycles. The molecule has 0 aromatic heterocycles. The molecule has 0 spiro atoms. The van der Waals surface area contributed by atoms with Gasteiger partial charge in [0, 0.05) is 37.8 Å². The van der Waals surface area contributed by atoms with Crippen molar-refractivity contribution >= 4 is 17.6 Å². The van der Waals surface area contributed by atoms with Crippen LogP contribution in [0.4, 0.5) is 18.9 Å². The molecule has 8 heteroatoms. The van der Waals surface area contributed by atoms with Crippen LogP contribution in [0.1, 0.15) is 37.3 Å². The molecule has 0 unspecified atom stereocenters. The average molecular weight is 359 g/mol. The summed E-state index contributed by atoms with van der Waals surface area (Å²) in [5, 5.41) is 2.62. The summed E-state index contributed by atoms with van der Waals surface area (Å²) < 4.78 is 48.6. The largest absolute Gasteiger partial charge is 0.461 e. The molecule has 1 N–H and O–H groups in total. The van der Waals surface area contributed by atoms with Gasteiger partial charge in [0.2, 0.25) is 5.91 Å². The number of amides is 1. The van der Waals surface area contributed by atoms with Gasteiger partial charge in [0.05, 0.1) is 5.56 Å². The van der Waals surface area contributed by atoms with E-state index in [4.69, 9.17) is 9.47 Å². The molecule has 0 bridgehead atoms. The van der Waals surface area contributed by atoms with E-state index in [1.807, 2.05) is 0 Å². The van der Waals surface area contributed by atoms with Crippen molar-refractivity contribution in [3.8, 4) is 0 Å². The highest BCUT2D eigenvalue weighted by molar-refractivity contribution is 5.91. The fourth-order valence-corrected chi connectivity index (χ4v) is 2.60. The predicted octanol–water partition coefficient (Wildman–Crippen LogP) is 3.52. The number of anilines is 1. The van der Waals surface area contributed by atoms with Gasteiger partial charge in [-0.1, -0.05) is 0 Å². The lowest BCUT2D eigenvalue weighted by atomic mass is 9.96. The number of carbonyl (C=O) groups is 2. The third-order valence-corrected chi connectivity index (χ3v) is 3.95. The van der Waals surface area contributed by atoms with Crippen LogP contribution < -0.4 is 5.32 Å². The maximum absolute atomic E-state index is 12.9. The lowest BCUT2D eigenvalue weighted by Gasteiger charge is -2.21. The summed E-state index contributed by atoms with van der Waals surface area (Å²) in [7, 11) is 0. The molecular formula is C17H20F3NO4. The number of hydrogen-bond acceptors (Lipinski definition) is 4. The van der Waals surface area contributed by atoms with Gasteiger partial charge in [0.1, 0.15) is 6.61 Å². The van der Waals surface area contributed by atoms with Gasteiger partial charge in [-0.2, -0.15) is 13.2 Å². The fourth-order valence-electron chi connectivity index (χ4n) is 2.60. The van der Waals surface area contributed by atoms with Gasteiger partial charge in [0.15, 0.2) is 0 Å². The highest BCUT2D eigenvalue weighted by Crippen LogP contribution is 2.32. The van der Waals surface area contributed by atoms with Crippen molar-refractivity contribution in [2.24, 2.45) is 5.92 Å². The lowest BCUT2D eigenvalue weighted by molar-refractivity contribution is -0.142. The molecule has 1 amide bonds. The summed E-state index contributed by atoms with van der Waals surface area (Å²) in [6.07, 6.45) is -2.69. The van der Waals surface area contributed by atoms with E-state index < -0.39 is 17.7 Å². The first kappa shape index (κ1) is 19.2. The number of esters is 1. The first-order valence-electron chi connectivity index (χ1n) is 7.97. The van der Waals surface area contributed by atoms with Gasteiger partial charge in [-0.15, -0.1) is 0 Å². The molecule has 1 aliphatic rings. The summed E-state index contributed by atoms with van der Waals surface area (Å²) in [5.74, 6) is -0.701. The Hall–Kier alpha value is -2.09. The molecule has 0 radical (unpaired) electrons. The number of carbonyl (C=O) groups excluding carboxylic acids is 2. The summed E-state index contributed by atoms with van der Waals surface area (Å²) in [6.45, 7) is 2.04. The second-order valence-corrected chi connectivity index (χ2v) is 5.96. The van der Waals surface area contributed by atoms with E-state index in [9.17, 15) is 22.8 Å². The zero-order valence-corrected chi connectivity index (χ0v) is 13.8. The topological polar surface area (TPSA) is 64.6 Å². The maximum atomic E-state index is 12.9. The highest BCUT2D eigenvalue weighted by Gasteiger charge is 2.31. The van der Waals surface area contributed by atoms with Crippen molar-refractivity contribution in [2.45, 2.75) is 39.0 Å². The minimum absolute atomic E-state index is 0.102. The van der Waals surface area contributed by atoms with Gasteiger partial charge in [-0.25, -0.2) is 0 Å². The number of halogens is 3. The van der Waals surface area contributed by atoms with Crippen molar-refractivity contribution in [2.75, 3.05) is 18.5 Å². The van der Waals surface area contributed by atoms with Crippen LogP contribution in [0.2, 0.25) is 0 Å². The monoisotopic (exact) mass is 359 g/mol. The van der Waals surface area contributed by atoms with Crippen LogP contribution in [0, 0.1) is 5.92 Å². The first-order valence-corrected chi connectivity index (χ1v) is 7.97. The van der Waals surface area contributed by atoms with Crippen LogP contribution in [0.15, 0.2) is 18.2 Å². The zero-order chi connectivity index (χ0) is 18.4. The first-order chi connectivity index (χ1) is 11.8. The van der Waals surface area contributed by atoms with Crippen molar-refractivity contribution in [3.05, 3.63) is 29.3 Å². The zero-order valence-electron chi connectivity index (χ0n) is 13.8. The van der Waals surface area contributed by atoms with Gasteiger partial charge >= 0.3 is 12.1 Å². The Bertz CT molecular complexity index is 625. The van der Waals surface area contributed by atoms with E-state index in [1.165, 1.54) is 6.07 Å². The molecule has 5 nitrogen and oxygen atoms in total. The number of ether oxygens (including phenoxy) is 2. The average Bonchev–Trinajstić information content (AvgIpc) is 2.53. The second kappa shape index (κ2) is 8.33. The molecule has 0 atom stereocenters. The van der Waals surface area contributed by atoms with E-state index in [0.717, 1.165) is 31.9 Å². The summed E-state index contributed by atoms with van der Waals surface area (Å²) in [5.41, 5.74) is -0.547. The van der Waals surface area contributed by atoms with Crippen molar-refractivity contribution in [3.63, 3.8) is 0 Å². The molecule has 2 rings (SSSR count). The van der Waals surface area contributed by atoms with Gasteiger partial charge in [0.25, 0.3) is 0 Å². The number of hydrogen-bond donors (Lipinski definition) is 1. The molecule has 1 aromatic carbocycles. The van der Waals surface area contributed by atoms with Crippen LogP contribution in [0.25, 0.3) is 0 Å². The van der Waals surface area contributed by atoms with Crippen molar-refractivity contribution < 1.29 is 32.2 Å². The number of rotatable bonds is 5. The Morgan fingerprint density at radius 1 is 1.28 bits per heavy atom. The van der Waals surface area contributed by atoms with Crippen LogP contribution in [-0.2, 0) is 31.8 Å². The Morgan fingerprint density at radius 2 is 1.96 bits per heavy atom. The Balaban J connectivity index is 2.11. The Kier molecular flexibility index (Phi) is 6.41. The summed E-state index contributed by atoms with van der Waals surface area (Å²) >= 11 is 0. The molecule has 1 aromatic rings. The molecule has 0 saturated carbocycles. The molecular weight excluding hydrogens is 339 g/mol. The third kappa shape index (κ3) is 6.04. The summed E-state index contributed by atoms with van der Waals surface area (Å²) in [4.78, 5) is 23.1. The molecule has 1 fully saturated rings. The smallest absolute Gasteiger partial charge is 0.416 e. The normalized spacial score (nSPS) is 15.7. The predicted molar refractivity (Wildman–Crippen MR) is 83.7 cm³/mol. The van der Waals surface area contributed by atoms with Crippen molar-refractivity contribution in [1.82, 2.24) is 0 Å². The van der Waals surface area contributed by atoms with Crippen molar-refractivity contribution in [1.29, 1.82) is 0 Å². The second-order valence-electron chi connectivity index (χ2n) is 5.96. The minimum Gasteiger partial charge on any atom is -0.461 e. The molecule has 138 valence electrons. The maximum Gasteiger partial charge on any atom is 0.416 e. The lowest BCUT2D eigenvalue weighted by Crippen LogP contribution is -2.22. The van der Waals surface area contributed by atoms with E-state index in [1.54, 1.807) is 0 Å². The van der Waals surface area contributed by atoms with Crippen LogP contribution in [-0.4, -0.2) is 25.1 Å². The number of alkyl halides is 3. The number of benzene rings is 1. The van der Waals surface area contributed by atoms with E-state index >= 15 is 0 Å². The Morgan fingerprint density at radius 3 is 2.56 bits per heavy atom. The standard InChI is InChI=1S/C17H20F3NO4/c1-11(22)25-10-13-9-14(17(18,19)20)2-3-15(13)21-16(23)8-12-4-6-24-7-5-12/h2-3,9,12H,4-8,10H2,1H3,(H,21,23).